The highest BCUT2D eigenvalue weighted by atomic mass is 127. The normalized spacial score (nSPS) is 11.6. The predicted molar refractivity (Wildman–Crippen MR) is 150 cm³/mol. The van der Waals surface area contributed by atoms with E-state index in [2.05, 4.69) is 27.9 Å². The lowest BCUT2D eigenvalue weighted by Crippen LogP contribution is -2.52. The van der Waals surface area contributed by atoms with Crippen LogP contribution < -0.4 is 14.8 Å². The average molecular weight is 600 g/mol. The molecule has 190 valence electrons. The molecular formula is C29H33IN2O4. The van der Waals surface area contributed by atoms with Gasteiger partial charge >= 0.3 is 0 Å². The third-order valence-corrected chi connectivity index (χ3v) is 6.34. The Morgan fingerprint density at radius 2 is 1.61 bits per heavy atom. The number of halogens is 1. The minimum atomic E-state index is -0.704. The molecule has 0 heterocycles. The monoisotopic (exact) mass is 600 g/mol. The van der Waals surface area contributed by atoms with Crippen molar-refractivity contribution in [2.45, 2.75) is 32.9 Å². The van der Waals surface area contributed by atoms with Crippen molar-refractivity contribution < 1.29 is 19.1 Å². The summed E-state index contributed by atoms with van der Waals surface area (Å²) in [6.45, 7) is 4.69. The summed E-state index contributed by atoms with van der Waals surface area (Å²) in [6, 6.07) is 24.1. The van der Waals surface area contributed by atoms with Crippen molar-refractivity contribution in [3.8, 4) is 11.5 Å². The lowest BCUT2D eigenvalue weighted by Gasteiger charge is -2.31. The molecule has 3 aromatic carbocycles. The first kappa shape index (κ1) is 27.5. The van der Waals surface area contributed by atoms with Crippen LogP contribution in [0.4, 0.5) is 0 Å². The zero-order valence-corrected chi connectivity index (χ0v) is 23.1. The minimum Gasteiger partial charge on any atom is -0.497 e. The van der Waals surface area contributed by atoms with E-state index < -0.39 is 6.04 Å². The fourth-order valence-corrected chi connectivity index (χ4v) is 4.06. The second kappa shape index (κ2) is 13.9. The van der Waals surface area contributed by atoms with Crippen LogP contribution in [0.5, 0.6) is 11.5 Å². The van der Waals surface area contributed by atoms with Gasteiger partial charge in [0.1, 0.15) is 17.5 Å². The van der Waals surface area contributed by atoms with Crippen molar-refractivity contribution in [3.05, 3.63) is 93.6 Å². The maximum Gasteiger partial charge on any atom is 0.261 e. The van der Waals surface area contributed by atoms with E-state index in [1.165, 1.54) is 0 Å². The smallest absolute Gasteiger partial charge is 0.261 e. The first-order valence-corrected chi connectivity index (χ1v) is 13.1. The molecule has 0 saturated carbocycles. The molecule has 36 heavy (non-hydrogen) atoms. The number of nitrogens with zero attached hydrogens (tertiary/aromatic N) is 1. The Kier molecular flexibility index (Phi) is 10.6. The lowest BCUT2D eigenvalue weighted by atomic mass is 10.0. The Bertz CT molecular complexity index is 1120. The van der Waals surface area contributed by atoms with Crippen molar-refractivity contribution in [2.75, 3.05) is 20.3 Å². The highest BCUT2D eigenvalue weighted by Gasteiger charge is 2.30. The molecule has 0 radical (unpaired) electrons. The summed E-state index contributed by atoms with van der Waals surface area (Å²) >= 11 is 2.22. The molecule has 7 heteroatoms. The second-order valence-corrected chi connectivity index (χ2v) is 10.2. The SMILES string of the molecule is COc1cccc(CN(C(=O)COc2ccc(I)cc2)[C@@H](Cc2ccccc2)C(=O)NCC(C)C)c1. The molecule has 1 atom stereocenters. The summed E-state index contributed by atoms with van der Waals surface area (Å²) in [4.78, 5) is 28.7. The van der Waals surface area contributed by atoms with Crippen molar-refractivity contribution in [2.24, 2.45) is 5.92 Å². The van der Waals surface area contributed by atoms with E-state index in [0.717, 1.165) is 14.7 Å². The zero-order valence-electron chi connectivity index (χ0n) is 20.9. The van der Waals surface area contributed by atoms with Crippen LogP contribution in [0.15, 0.2) is 78.9 Å². The highest BCUT2D eigenvalue weighted by Crippen LogP contribution is 2.19. The number of hydrogen-bond acceptors (Lipinski definition) is 4. The number of hydrogen-bond donors (Lipinski definition) is 1. The van der Waals surface area contributed by atoms with Gasteiger partial charge in [-0.3, -0.25) is 9.59 Å². The van der Waals surface area contributed by atoms with Crippen LogP contribution in [0, 0.1) is 9.49 Å². The fraction of sp³-hybridized carbons (Fsp3) is 0.310. The van der Waals surface area contributed by atoms with Gasteiger partial charge in [-0.25, -0.2) is 0 Å². The summed E-state index contributed by atoms with van der Waals surface area (Å²) in [5.74, 6) is 1.14. The number of benzene rings is 3. The molecule has 3 rings (SSSR count). The maximum atomic E-state index is 13.6. The standard InChI is InChI=1S/C29H33IN2O4/c1-21(2)18-31-29(34)27(17-22-8-5-4-6-9-22)32(19-23-10-7-11-26(16-23)35-3)28(33)20-36-25-14-12-24(30)13-15-25/h4-16,21,27H,17-20H2,1-3H3,(H,31,34)/t27-/m0/s1. The van der Waals surface area contributed by atoms with Crippen LogP contribution in [-0.4, -0.2) is 43.0 Å². The Labute approximate surface area is 227 Å². The predicted octanol–water partition coefficient (Wildman–Crippen LogP) is 5.09. The van der Waals surface area contributed by atoms with Crippen molar-refractivity contribution in [3.63, 3.8) is 0 Å². The van der Waals surface area contributed by atoms with E-state index in [1.807, 2.05) is 92.7 Å². The fourth-order valence-electron chi connectivity index (χ4n) is 3.70. The van der Waals surface area contributed by atoms with Crippen molar-refractivity contribution in [1.82, 2.24) is 10.2 Å². The van der Waals surface area contributed by atoms with E-state index in [0.29, 0.717) is 24.5 Å². The third kappa shape index (κ3) is 8.55. The molecule has 0 unspecified atom stereocenters. The molecular weight excluding hydrogens is 567 g/mol. The van der Waals surface area contributed by atoms with Crippen LogP contribution >= 0.6 is 22.6 Å². The molecule has 0 spiro atoms. The molecule has 1 N–H and O–H groups in total. The van der Waals surface area contributed by atoms with Crippen LogP contribution in [0.2, 0.25) is 0 Å². The van der Waals surface area contributed by atoms with E-state index >= 15 is 0 Å². The average Bonchev–Trinajstić information content (AvgIpc) is 2.89. The maximum absolute atomic E-state index is 13.6. The van der Waals surface area contributed by atoms with Gasteiger partial charge in [0, 0.05) is 23.1 Å². The van der Waals surface area contributed by atoms with Crippen LogP contribution in [0.3, 0.4) is 0 Å². The van der Waals surface area contributed by atoms with Gasteiger partial charge in [0.25, 0.3) is 5.91 Å². The number of carbonyl (C=O) groups is 2. The van der Waals surface area contributed by atoms with Gasteiger partial charge in [0.05, 0.1) is 7.11 Å². The molecule has 0 aliphatic heterocycles. The van der Waals surface area contributed by atoms with Crippen LogP contribution in [-0.2, 0) is 22.6 Å². The minimum absolute atomic E-state index is 0.173. The molecule has 0 aliphatic carbocycles. The van der Waals surface area contributed by atoms with Gasteiger partial charge in [-0.05, 0) is 76.0 Å². The summed E-state index contributed by atoms with van der Waals surface area (Å²) in [7, 11) is 1.61. The zero-order chi connectivity index (χ0) is 25.9. The molecule has 0 saturated heterocycles. The first-order chi connectivity index (χ1) is 17.4. The lowest BCUT2D eigenvalue weighted by molar-refractivity contribution is -0.142. The van der Waals surface area contributed by atoms with Gasteiger partial charge in [-0.15, -0.1) is 0 Å². The number of methoxy groups -OCH3 is 1. The first-order valence-electron chi connectivity index (χ1n) is 12.0. The van der Waals surface area contributed by atoms with E-state index in [1.54, 1.807) is 12.0 Å². The van der Waals surface area contributed by atoms with Crippen molar-refractivity contribution >= 4 is 34.4 Å². The van der Waals surface area contributed by atoms with Crippen LogP contribution in [0.25, 0.3) is 0 Å². The molecule has 0 bridgehead atoms. The van der Waals surface area contributed by atoms with Crippen molar-refractivity contribution in [1.29, 1.82) is 0 Å². The summed E-state index contributed by atoms with van der Waals surface area (Å²) in [5.41, 5.74) is 1.84. The molecule has 2 amide bonds. The summed E-state index contributed by atoms with van der Waals surface area (Å²) in [5, 5.41) is 3.03. The second-order valence-electron chi connectivity index (χ2n) is 8.96. The highest BCUT2D eigenvalue weighted by molar-refractivity contribution is 14.1. The van der Waals surface area contributed by atoms with Gasteiger partial charge < -0.3 is 19.7 Å². The van der Waals surface area contributed by atoms with E-state index in [-0.39, 0.29) is 30.9 Å². The molecule has 0 aromatic heterocycles. The van der Waals surface area contributed by atoms with Gasteiger partial charge in [0.2, 0.25) is 5.91 Å². The molecule has 0 aliphatic rings. The Balaban J connectivity index is 1.90. The quantitative estimate of drug-likeness (QED) is 0.294. The molecule has 0 fully saturated rings. The Morgan fingerprint density at radius 3 is 2.28 bits per heavy atom. The summed E-state index contributed by atoms with van der Waals surface area (Å²) in [6.07, 6.45) is 0.393. The molecule has 6 nitrogen and oxygen atoms in total. The van der Waals surface area contributed by atoms with E-state index in [9.17, 15) is 9.59 Å². The third-order valence-electron chi connectivity index (χ3n) is 5.62. The topological polar surface area (TPSA) is 67.9 Å². The van der Waals surface area contributed by atoms with Crippen LogP contribution in [0.1, 0.15) is 25.0 Å². The number of ether oxygens (including phenoxy) is 2. The number of carbonyl (C=O) groups excluding carboxylic acids is 2. The Morgan fingerprint density at radius 1 is 0.917 bits per heavy atom. The van der Waals surface area contributed by atoms with Gasteiger partial charge in [-0.2, -0.15) is 0 Å². The van der Waals surface area contributed by atoms with Gasteiger partial charge in [-0.1, -0.05) is 56.3 Å². The number of rotatable bonds is 12. The summed E-state index contributed by atoms with van der Waals surface area (Å²) < 4.78 is 12.3. The largest absolute Gasteiger partial charge is 0.497 e. The Hall–Kier alpha value is -3.07. The van der Waals surface area contributed by atoms with Gasteiger partial charge in [0.15, 0.2) is 6.61 Å². The molecule has 3 aromatic rings. The van der Waals surface area contributed by atoms with E-state index in [4.69, 9.17) is 9.47 Å². The number of amides is 2. The number of nitrogens with one attached hydrogen (secondary N) is 1.